The summed E-state index contributed by atoms with van der Waals surface area (Å²) in [5.74, 6) is 0.705. The van der Waals surface area contributed by atoms with Crippen molar-refractivity contribution in [2.24, 2.45) is 0 Å². The summed E-state index contributed by atoms with van der Waals surface area (Å²) in [5.41, 5.74) is 2.88. The third-order valence-electron chi connectivity index (χ3n) is 3.44. The zero-order chi connectivity index (χ0) is 15.8. The Bertz CT molecular complexity index is 591. The second kappa shape index (κ2) is 8.17. The number of anilines is 1. The smallest absolute Gasteiger partial charge is 0.253 e. The van der Waals surface area contributed by atoms with Crippen LogP contribution in [0.4, 0.5) is 5.82 Å². The lowest BCUT2D eigenvalue weighted by atomic mass is 10.1. The van der Waals surface area contributed by atoms with Gasteiger partial charge in [-0.1, -0.05) is 43.2 Å². The quantitative estimate of drug-likeness (QED) is 0.769. The van der Waals surface area contributed by atoms with E-state index in [1.807, 2.05) is 37.3 Å². The minimum absolute atomic E-state index is 0.104. The van der Waals surface area contributed by atoms with Crippen molar-refractivity contribution < 1.29 is 4.79 Å². The average molecular weight is 297 g/mol. The van der Waals surface area contributed by atoms with Gasteiger partial charge in [0.25, 0.3) is 5.91 Å². The molecule has 0 fully saturated rings. The lowest BCUT2D eigenvalue weighted by Gasteiger charge is -2.07. The summed E-state index contributed by atoms with van der Waals surface area (Å²) in [6.45, 7) is 5.62. The number of nitrogens with zero attached hydrogens (tertiary/aromatic N) is 1. The Morgan fingerprint density at radius 1 is 1.14 bits per heavy atom. The van der Waals surface area contributed by atoms with E-state index in [4.69, 9.17) is 0 Å². The number of rotatable bonds is 7. The van der Waals surface area contributed by atoms with E-state index >= 15 is 0 Å². The van der Waals surface area contributed by atoms with Crippen LogP contribution in [0.15, 0.2) is 42.6 Å². The third-order valence-corrected chi connectivity index (χ3v) is 3.44. The topological polar surface area (TPSA) is 54.0 Å². The first-order valence-corrected chi connectivity index (χ1v) is 7.72. The first kappa shape index (κ1) is 16.0. The minimum atomic E-state index is -0.104. The molecule has 1 aromatic carbocycles. The van der Waals surface area contributed by atoms with Crippen LogP contribution in [0.1, 0.15) is 41.3 Å². The van der Waals surface area contributed by atoms with Crippen LogP contribution >= 0.6 is 0 Å². The van der Waals surface area contributed by atoms with E-state index in [1.165, 1.54) is 5.56 Å². The van der Waals surface area contributed by atoms with Crippen molar-refractivity contribution in [2.45, 2.75) is 33.2 Å². The van der Waals surface area contributed by atoms with E-state index in [1.54, 1.807) is 12.3 Å². The zero-order valence-electron chi connectivity index (χ0n) is 13.2. The summed E-state index contributed by atoms with van der Waals surface area (Å²) in [5, 5.41) is 6.14. The van der Waals surface area contributed by atoms with Gasteiger partial charge in [0.15, 0.2) is 0 Å². The van der Waals surface area contributed by atoms with Gasteiger partial charge in [0.2, 0.25) is 0 Å². The molecule has 0 saturated heterocycles. The van der Waals surface area contributed by atoms with Gasteiger partial charge in [-0.05, 0) is 31.0 Å². The molecule has 116 valence electrons. The Labute approximate surface area is 132 Å². The molecule has 0 aliphatic rings. The van der Waals surface area contributed by atoms with Gasteiger partial charge in [0.05, 0.1) is 5.56 Å². The second-order valence-corrected chi connectivity index (χ2v) is 5.38. The number of unbranched alkanes of at least 4 members (excludes halogenated alkanes) is 1. The highest BCUT2D eigenvalue weighted by Gasteiger charge is 2.05. The highest BCUT2D eigenvalue weighted by Crippen LogP contribution is 2.07. The lowest BCUT2D eigenvalue weighted by molar-refractivity contribution is 0.0950. The molecule has 4 heteroatoms. The van der Waals surface area contributed by atoms with Crippen molar-refractivity contribution in [2.75, 3.05) is 11.9 Å². The minimum Gasteiger partial charge on any atom is -0.370 e. The van der Waals surface area contributed by atoms with Crippen LogP contribution in [0.2, 0.25) is 0 Å². The number of carbonyl (C=O) groups is 1. The van der Waals surface area contributed by atoms with Crippen LogP contribution in [-0.4, -0.2) is 17.4 Å². The van der Waals surface area contributed by atoms with E-state index < -0.39 is 0 Å². The Morgan fingerprint density at radius 3 is 2.55 bits per heavy atom. The summed E-state index contributed by atoms with van der Waals surface area (Å²) >= 11 is 0. The van der Waals surface area contributed by atoms with E-state index in [9.17, 15) is 4.79 Å². The van der Waals surface area contributed by atoms with Gasteiger partial charge in [-0.25, -0.2) is 4.98 Å². The summed E-state index contributed by atoms with van der Waals surface area (Å²) < 4.78 is 0. The standard InChI is InChI=1S/C18H23N3O/c1-3-4-11-19-17-10-9-16(13-20-17)18(22)21-12-15-7-5-14(2)6-8-15/h5-10,13H,3-4,11-12H2,1-2H3,(H,19,20)(H,21,22). The van der Waals surface area contributed by atoms with Crippen molar-refractivity contribution in [1.29, 1.82) is 0 Å². The maximum absolute atomic E-state index is 12.1. The number of carbonyl (C=O) groups excluding carboxylic acids is 1. The van der Waals surface area contributed by atoms with E-state index in [0.29, 0.717) is 12.1 Å². The molecule has 0 bridgehead atoms. The second-order valence-electron chi connectivity index (χ2n) is 5.38. The van der Waals surface area contributed by atoms with Gasteiger partial charge in [0.1, 0.15) is 5.82 Å². The molecule has 0 unspecified atom stereocenters. The van der Waals surface area contributed by atoms with Gasteiger partial charge < -0.3 is 10.6 Å². The molecule has 0 spiro atoms. The third kappa shape index (κ3) is 4.88. The number of amides is 1. The van der Waals surface area contributed by atoms with Crippen molar-refractivity contribution in [1.82, 2.24) is 10.3 Å². The van der Waals surface area contributed by atoms with E-state index in [0.717, 1.165) is 30.8 Å². The van der Waals surface area contributed by atoms with Crippen molar-refractivity contribution in [3.8, 4) is 0 Å². The van der Waals surface area contributed by atoms with Crippen LogP contribution < -0.4 is 10.6 Å². The lowest BCUT2D eigenvalue weighted by Crippen LogP contribution is -2.23. The largest absolute Gasteiger partial charge is 0.370 e. The number of benzene rings is 1. The predicted molar refractivity (Wildman–Crippen MR) is 90.0 cm³/mol. The number of nitrogens with one attached hydrogen (secondary N) is 2. The molecule has 0 radical (unpaired) electrons. The molecule has 22 heavy (non-hydrogen) atoms. The molecule has 0 atom stereocenters. The maximum atomic E-state index is 12.1. The van der Waals surface area contributed by atoms with Crippen molar-refractivity contribution in [3.63, 3.8) is 0 Å². The number of aryl methyl sites for hydroxylation is 1. The van der Waals surface area contributed by atoms with Crippen LogP contribution in [0.25, 0.3) is 0 Å². The Morgan fingerprint density at radius 2 is 1.91 bits per heavy atom. The molecule has 0 aliphatic carbocycles. The molecule has 4 nitrogen and oxygen atoms in total. The molecule has 2 rings (SSSR count). The number of hydrogen-bond acceptors (Lipinski definition) is 3. The molecule has 2 aromatic rings. The monoisotopic (exact) mass is 297 g/mol. The van der Waals surface area contributed by atoms with Crippen LogP contribution in [0, 0.1) is 6.92 Å². The highest BCUT2D eigenvalue weighted by atomic mass is 16.1. The molecule has 2 N–H and O–H groups in total. The van der Waals surface area contributed by atoms with Crippen LogP contribution in [-0.2, 0) is 6.54 Å². The molecule has 1 aromatic heterocycles. The molecule has 1 heterocycles. The molecule has 0 aliphatic heterocycles. The van der Waals surface area contributed by atoms with Gasteiger partial charge in [-0.2, -0.15) is 0 Å². The number of pyridine rings is 1. The Hall–Kier alpha value is -2.36. The summed E-state index contributed by atoms with van der Waals surface area (Å²) in [6, 6.07) is 11.8. The van der Waals surface area contributed by atoms with Crippen LogP contribution in [0.3, 0.4) is 0 Å². The molecular formula is C18H23N3O. The van der Waals surface area contributed by atoms with Crippen molar-refractivity contribution in [3.05, 3.63) is 59.3 Å². The van der Waals surface area contributed by atoms with Gasteiger partial charge in [0, 0.05) is 19.3 Å². The summed E-state index contributed by atoms with van der Waals surface area (Å²) in [6.07, 6.45) is 3.87. The summed E-state index contributed by atoms with van der Waals surface area (Å²) in [4.78, 5) is 16.4. The predicted octanol–water partition coefficient (Wildman–Crippen LogP) is 3.53. The first-order valence-electron chi connectivity index (χ1n) is 7.72. The number of aromatic nitrogens is 1. The fourth-order valence-corrected chi connectivity index (χ4v) is 2.02. The van der Waals surface area contributed by atoms with Crippen LogP contribution in [0.5, 0.6) is 0 Å². The normalized spacial score (nSPS) is 10.3. The maximum Gasteiger partial charge on any atom is 0.253 e. The Kier molecular flexibility index (Phi) is 5.95. The summed E-state index contributed by atoms with van der Waals surface area (Å²) in [7, 11) is 0. The average Bonchev–Trinajstić information content (AvgIpc) is 2.55. The van der Waals surface area contributed by atoms with Crippen molar-refractivity contribution >= 4 is 11.7 Å². The van der Waals surface area contributed by atoms with E-state index in [2.05, 4.69) is 22.5 Å². The fourth-order valence-electron chi connectivity index (χ4n) is 2.02. The first-order chi connectivity index (χ1) is 10.7. The molecular weight excluding hydrogens is 274 g/mol. The molecule has 1 amide bonds. The molecule has 0 saturated carbocycles. The van der Waals surface area contributed by atoms with Gasteiger partial charge in [-0.15, -0.1) is 0 Å². The van der Waals surface area contributed by atoms with E-state index in [-0.39, 0.29) is 5.91 Å². The SMILES string of the molecule is CCCCNc1ccc(C(=O)NCc2ccc(C)cc2)cn1. The number of hydrogen-bond donors (Lipinski definition) is 2. The highest BCUT2D eigenvalue weighted by molar-refractivity contribution is 5.93. The zero-order valence-corrected chi connectivity index (χ0v) is 13.2. The fraction of sp³-hybridized carbons (Fsp3) is 0.333. The Balaban J connectivity index is 1.85. The van der Waals surface area contributed by atoms with Gasteiger partial charge in [-0.3, -0.25) is 4.79 Å². The van der Waals surface area contributed by atoms with Gasteiger partial charge >= 0.3 is 0 Å².